The maximum absolute atomic E-state index is 8.39. The van der Waals surface area contributed by atoms with Crippen molar-refractivity contribution in [2.24, 2.45) is 16.7 Å². The van der Waals surface area contributed by atoms with Crippen LogP contribution in [0.1, 0.15) is 11.4 Å². The molecule has 0 spiro atoms. The molecule has 1 rings (SSSR count). The summed E-state index contributed by atoms with van der Waals surface area (Å²) >= 11 is 0. The van der Waals surface area contributed by atoms with Crippen LogP contribution in [0.25, 0.3) is 0 Å². The lowest BCUT2D eigenvalue weighted by atomic mass is 10.3. The molecule has 7 nitrogen and oxygen atoms in total. The molecule has 0 aliphatic heterocycles. The Bertz CT molecular complexity index is 320. The van der Waals surface area contributed by atoms with E-state index in [9.17, 15) is 0 Å². The Morgan fingerprint density at radius 2 is 2.36 bits per heavy atom. The first-order chi connectivity index (χ1) is 5.29. The maximum Gasteiger partial charge on any atom is 0.215 e. The van der Waals surface area contributed by atoms with Crippen molar-refractivity contribution < 1.29 is 4.63 Å². The number of nitrogens with zero attached hydrogens (tertiary/aromatic N) is 4. The van der Waals surface area contributed by atoms with Gasteiger partial charge in [-0.2, -0.15) is 10.4 Å². The van der Waals surface area contributed by atoms with Crippen molar-refractivity contribution in [3.63, 3.8) is 0 Å². The first-order valence-corrected chi connectivity index (χ1v) is 2.56. The molecule has 7 heteroatoms. The van der Waals surface area contributed by atoms with Gasteiger partial charge < -0.3 is 11.6 Å². The third-order valence-corrected chi connectivity index (χ3v) is 0.976. The Balaban J connectivity index is 3.15. The molecule has 0 aliphatic rings. The number of nitriles is 1. The van der Waals surface area contributed by atoms with Gasteiger partial charge in [0, 0.05) is 0 Å². The van der Waals surface area contributed by atoms with Crippen molar-refractivity contribution in [2.45, 2.75) is 0 Å². The van der Waals surface area contributed by atoms with Crippen LogP contribution in [0.4, 0.5) is 0 Å². The van der Waals surface area contributed by atoms with Gasteiger partial charge in [0.15, 0.2) is 11.5 Å². The van der Waals surface area contributed by atoms with Gasteiger partial charge >= 0.3 is 0 Å². The van der Waals surface area contributed by atoms with Gasteiger partial charge in [0.25, 0.3) is 0 Å². The summed E-state index contributed by atoms with van der Waals surface area (Å²) < 4.78 is 4.22. The minimum atomic E-state index is -0.0807. The summed E-state index contributed by atoms with van der Waals surface area (Å²) in [6.45, 7) is 0. The minimum Gasteiger partial charge on any atom is -0.380 e. The van der Waals surface area contributed by atoms with Gasteiger partial charge in [0.2, 0.25) is 5.69 Å². The minimum absolute atomic E-state index is 0.0308. The van der Waals surface area contributed by atoms with E-state index < -0.39 is 0 Å². The second kappa shape index (κ2) is 2.66. The molecule has 0 bridgehead atoms. The van der Waals surface area contributed by atoms with Gasteiger partial charge in [0.05, 0.1) is 0 Å². The highest BCUT2D eigenvalue weighted by Crippen LogP contribution is 1.98. The van der Waals surface area contributed by atoms with Gasteiger partial charge in [-0.25, -0.2) is 4.63 Å². The van der Waals surface area contributed by atoms with Crippen molar-refractivity contribution in [2.75, 3.05) is 0 Å². The first kappa shape index (κ1) is 7.01. The van der Waals surface area contributed by atoms with Crippen LogP contribution in [0.5, 0.6) is 0 Å². The second-order valence-corrected chi connectivity index (χ2v) is 1.59. The van der Waals surface area contributed by atoms with E-state index in [4.69, 9.17) is 16.8 Å². The predicted octanol–water partition coefficient (Wildman–Crippen LogP) is -1.48. The molecule has 0 aromatic carbocycles. The van der Waals surface area contributed by atoms with E-state index in [0.717, 1.165) is 0 Å². The summed E-state index contributed by atoms with van der Waals surface area (Å²) in [5.74, 6) is 4.75. The van der Waals surface area contributed by atoms with Crippen LogP contribution in [0.3, 0.4) is 0 Å². The molecule has 0 atom stereocenters. The number of hydrogen-bond donors (Lipinski definition) is 2. The molecule has 0 radical (unpaired) electrons. The molecule has 0 saturated carbocycles. The fourth-order valence-corrected chi connectivity index (χ4v) is 0.491. The highest BCUT2D eigenvalue weighted by atomic mass is 16.6. The zero-order valence-corrected chi connectivity index (χ0v) is 5.35. The highest BCUT2D eigenvalue weighted by molar-refractivity contribution is 5.96. The summed E-state index contributed by atoms with van der Waals surface area (Å²) in [6.07, 6.45) is 0. The van der Waals surface area contributed by atoms with E-state index >= 15 is 0 Å². The van der Waals surface area contributed by atoms with Crippen LogP contribution < -0.4 is 11.6 Å². The van der Waals surface area contributed by atoms with Gasteiger partial charge in [-0.05, 0) is 10.3 Å². The summed E-state index contributed by atoms with van der Waals surface area (Å²) in [4.78, 5) is 0. The molecule has 1 heterocycles. The smallest absolute Gasteiger partial charge is 0.215 e. The van der Waals surface area contributed by atoms with Gasteiger partial charge in [0.1, 0.15) is 6.07 Å². The highest BCUT2D eigenvalue weighted by Gasteiger charge is 2.12. The second-order valence-electron chi connectivity index (χ2n) is 1.59. The quantitative estimate of drug-likeness (QED) is 0.218. The SMILES string of the molecule is N#Cc1nonc1/C(N)=N/N. The molecule has 0 saturated heterocycles. The van der Waals surface area contributed by atoms with Crippen LogP contribution in [0.2, 0.25) is 0 Å². The van der Waals surface area contributed by atoms with Crippen LogP contribution in [-0.4, -0.2) is 16.1 Å². The number of aromatic nitrogens is 2. The van der Waals surface area contributed by atoms with Crippen LogP contribution in [0.15, 0.2) is 9.73 Å². The van der Waals surface area contributed by atoms with E-state index in [0.29, 0.717) is 0 Å². The molecule has 4 N–H and O–H groups in total. The summed E-state index contributed by atoms with van der Waals surface area (Å²) in [5, 5.41) is 18.1. The van der Waals surface area contributed by atoms with Crippen molar-refractivity contribution in [1.82, 2.24) is 10.3 Å². The van der Waals surface area contributed by atoms with Crippen molar-refractivity contribution in [3.05, 3.63) is 11.4 Å². The molecule has 0 unspecified atom stereocenters. The lowest BCUT2D eigenvalue weighted by Gasteiger charge is -1.87. The number of amidine groups is 1. The predicted molar refractivity (Wildman–Crippen MR) is 33.9 cm³/mol. The molecule has 1 aromatic heterocycles. The number of hydrogen-bond acceptors (Lipinski definition) is 6. The van der Waals surface area contributed by atoms with E-state index in [1.165, 1.54) is 0 Å². The monoisotopic (exact) mass is 152 g/mol. The van der Waals surface area contributed by atoms with E-state index in [1.54, 1.807) is 6.07 Å². The molecule has 56 valence electrons. The number of hydrazone groups is 1. The van der Waals surface area contributed by atoms with E-state index in [1.807, 2.05) is 0 Å². The third kappa shape index (κ3) is 1.09. The van der Waals surface area contributed by atoms with E-state index in [2.05, 4.69) is 20.0 Å². The van der Waals surface area contributed by atoms with Crippen molar-refractivity contribution >= 4 is 5.84 Å². The Morgan fingerprint density at radius 3 is 2.91 bits per heavy atom. The number of nitrogens with two attached hydrogens (primary N) is 2. The summed E-state index contributed by atoms with van der Waals surface area (Å²) in [6, 6.07) is 1.71. The molecule has 0 fully saturated rings. The lowest BCUT2D eigenvalue weighted by Crippen LogP contribution is -2.17. The van der Waals surface area contributed by atoms with E-state index in [-0.39, 0.29) is 17.2 Å². The average Bonchev–Trinajstić information content (AvgIpc) is 2.50. The zero-order chi connectivity index (χ0) is 8.27. The number of rotatable bonds is 1. The Hall–Kier alpha value is -2.10. The van der Waals surface area contributed by atoms with Crippen LogP contribution in [-0.2, 0) is 0 Å². The maximum atomic E-state index is 8.39. The molecule has 1 aromatic rings. The average molecular weight is 152 g/mol. The van der Waals surface area contributed by atoms with Crippen LogP contribution >= 0.6 is 0 Å². The molecular formula is C4H4N6O. The first-order valence-electron chi connectivity index (χ1n) is 2.56. The third-order valence-electron chi connectivity index (χ3n) is 0.976. The fourth-order valence-electron chi connectivity index (χ4n) is 0.491. The van der Waals surface area contributed by atoms with Gasteiger partial charge in [-0.1, -0.05) is 0 Å². The lowest BCUT2D eigenvalue weighted by molar-refractivity contribution is 0.305. The molecule has 11 heavy (non-hydrogen) atoms. The van der Waals surface area contributed by atoms with Gasteiger partial charge in [-0.3, -0.25) is 0 Å². The molecule has 0 amide bonds. The van der Waals surface area contributed by atoms with Crippen molar-refractivity contribution in [3.8, 4) is 6.07 Å². The fraction of sp³-hybridized carbons (Fsp3) is 0. The normalized spacial score (nSPS) is 11.0. The Labute approximate surface area is 61.2 Å². The standard InChI is InChI=1S/C4H4N6O/c5-1-2-3(4(6)8-7)10-11-9-2/h7H2,(H2,6,8). The largest absolute Gasteiger partial charge is 0.380 e. The topological polar surface area (TPSA) is 127 Å². The summed E-state index contributed by atoms with van der Waals surface area (Å²) in [7, 11) is 0. The zero-order valence-electron chi connectivity index (χ0n) is 5.35. The van der Waals surface area contributed by atoms with Crippen molar-refractivity contribution in [1.29, 1.82) is 5.26 Å². The Morgan fingerprint density at radius 1 is 1.64 bits per heavy atom. The van der Waals surface area contributed by atoms with Crippen LogP contribution in [0, 0.1) is 11.3 Å². The summed E-state index contributed by atoms with van der Waals surface area (Å²) in [5.41, 5.74) is 5.26. The Kier molecular flexibility index (Phi) is 1.69. The molecule has 0 aliphatic carbocycles. The van der Waals surface area contributed by atoms with Gasteiger partial charge in [-0.15, -0.1) is 0 Å². The molecular weight excluding hydrogens is 148 g/mol.